The lowest BCUT2D eigenvalue weighted by molar-refractivity contribution is 0.900. The van der Waals surface area contributed by atoms with Gasteiger partial charge < -0.3 is 10.2 Å². The van der Waals surface area contributed by atoms with Crippen LogP contribution in [-0.2, 0) is 6.54 Å². The predicted octanol–water partition coefficient (Wildman–Crippen LogP) is 3.00. The molecule has 2 aromatic heterocycles. The van der Waals surface area contributed by atoms with Crippen LogP contribution in [0.25, 0.3) is 0 Å². The molecule has 0 bridgehead atoms. The van der Waals surface area contributed by atoms with Crippen LogP contribution < -0.4 is 10.2 Å². The van der Waals surface area contributed by atoms with Gasteiger partial charge in [-0.1, -0.05) is 13.0 Å². The molecule has 96 valence electrons. The number of anilines is 2. The smallest absolute Gasteiger partial charge is 0.134 e. The van der Waals surface area contributed by atoms with Crippen LogP contribution in [0, 0.1) is 0 Å². The summed E-state index contributed by atoms with van der Waals surface area (Å²) in [4.78, 5) is 12.0. The third kappa shape index (κ3) is 3.43. The highest BCUT2D eigenvalue weighted by molar-refractivity contribution is 7.09. The maximum absolute atomic E-state index is 4.31. The zero-order chi connectivity index (χ0) is 12.8. The molecule has 2 aromatic rings. The van der Waals surface area contributed by atoms with Crippen molar-refractivity contribution < 1.29 is 0 Å². The molecular formula is C13H18N4S. The minimum absolute atomic E-state index is 0.877. The molecule has 0 fully saturated rings. The molecule has 0 aliphatic heterocycles. The Labute approximate surface area is 112 Å². The quantitative estimate of drug-likeness (QED) is 0.869. The third-order valence-electron chi connectivity index (χ3n) is 2.57. The Kier molecular flexibility index (Phi) is 4.52. The molecule has 18 heavy (non-hydrogen) atoms. The second-order valence-corrected chi connectivity index (χ2v) is 5.16. The van der Waals surface area contributed by atoms with E-state index in [0.29, 0.717) is 0 Å². The molecule has 2 rings (SSSR count). The van der Waals surface area contributed by atoms with Gasteiger partial charge in [0.2, 0.25) is 0 Å². The summed E-state index contributed by atoms with van der Waals surface area (Å²) in [6, 6.07) is 6.20. The maximum Gasteiger partial charge on any atom is 0.134 e. The van der Waals surface area contributed by atoms with Crippen LogP contribution in [0.4, 0.5) is 11.6 Å². The van der Waals surface area contributed by atoms with Gasteiger partial charge in [0.15, 0.2) is 0 Å². The monoisotopic (exact) mass is 262 g/mol. The maximum atomic E-state index is 4.31. The number of thiophene rings is 1. The van der Waals surface area contributed by atoms with Gasteiger partial charge in [0.05, 0.1) is 6.54 Å². The minimum Gasteiger partial charge on any atom is -0.370 e. The van der Waals surface area contributed by atoms with Crippen molar-refractivity contribution in [2.75, 3.05) is 23.8 Å². The molecule has 0 radical (unpaired) electrons. The zero-order valence-electron chi connectivity index (χ0n) is 10.8. The van der Waals surface area contributed by atoms with Crippen LogP contribution in [0.15, 0.2) is 29.9 Å². The summed E-state index contributed by atoms with van der Waals surface area (Å²) in [6.07, 6.45) is 2.70. The van der Waals surface area contributed by atoms with Gasteiger partial charge in [-0.25, -0.2) is 9.97 Å². The standard InChI is InChI=1S/C13H18N4S/c1-3-6-14-12-8-13(16-10-15-12)17(2)9-11-5-4-7-18-11/h4-5,7-8,10H,3,6,9H2,1-2H3,(H,14,15,16). The van der Waals surface area contributed by atoms with Gasteiger partial charge in [0.1, 0.15) is 18.0 Å². The van der Waals surface area contributed by atoms with E-state index in [1.165, 1.54) is 4.88 Å². The number of nitrogens with one attached hydrogen (secondary N) is 1. The Morgan fingerprint density at radius 1 is 1.39 bits per heavy atom. The van der Waals surface area contributed by atoms with Crippen LogP contribution in [0.1, 0.15) is 18.2 Å². The zero-order valence-corrected chi connectivity index (χ0v) is 11.6. The average molecular weight is 262 g/mol. The Hall–Kier alpha value is -1.62. The van der Waals surface area contributed by atoms with E-state index in [-0.39, 0.29) is 0 Å². The van der Waals surface area contributed by atoms with Crippen molar-refractivity contribution in [1.29, 1.82) is 0 Å². The number of hydrogen-bond donors (Lipinski definition) is 1. The second-order valence-electron chi connectivity index (χ2n) is 4.12. The topological polar surface area (TPSA) is 41.0 Å². The van der Waals surface area contributed by atoms with E-state index in [1.807, 2.05) is 13.1 Å². The highest BCUT2D eigenvalue weighted by atomic mass is 32.1. The van der Waals surface area contributed by atoms with E-state index < -0.39 is 0 Å². The van der Waals surface area contributed by atoms with Gasteiger partial charge in [-0.2, -0.15) is 0 Å². The summed E-state index contributed by atoms with van der Waals surface area (Å²) in [5.41, 5.74) is 0. The summed E-state index contributed by atoms with van der Waals surface area (Å²) in [5.74, 6) is 1.83. The molecule has 0 atom stereocenters. The fourth-order valence-corrected chi connectivity index (χ4v) is 2.38. The molecule has 0 aromatic carbocycles. The molecule has 0 aliphatic carbocycles. The molecular weight excluding hydrogens is 244 g/mol. The molecule has 0 aliphatic rings. The molecule has 0 saturated carbocycles. The predicted molar refractivity (Wildman–Crippen MR) is 77.2 cm³/mol. The van der Waals surface area contributed by atoms with Gasteiger partial charge in [0, 0.05) is 24.5 Å². The van der Waals surface area contributed by atoms with Crippen LogP contribution in [0.5, 0.6) is 0 Å². The van der Waals surface area contributed by atoms with Crippen molar-refractivity contribution in [2.24, 2.45) is 0 Å². The van der Waals surface area contributed by atoms with E-state index in [1.54, 1.807) is 17.7 Å². The summed E-state index contributed by atoms with van der Waals surface area (Å²) in [7, 11) is 2.05. The van der Waals surface area contributed by atoms with Crippen molar-refractivity contribution in [2.45, 2.75) is 19.9 Å². The van der Waals surface area contributed by atoms with E-state index in [9.17, 15) is 0 Å². The van der Waals surface area contributed by atoms with Gasteiger partial charge in [-0.3, -0.25) is 0 Å². The fraction of sp³-hybridized carbons (Fsp3) is 0.385. The first-order chi connectivity index (χ1) is 8.79. The molecule has 0 spiro atoms. The first kappa shape index (κ1) is 12.8. The highest BCUT2D eigenvalue weighted by Gasteiger charge is 2.05. The van der Waals surface area contributed by atoms with Crippen molar-refractivity contribution in [1.82, 2.24) is 9.97 Å². The Bertz CT molecular complexity index is 470. The van der Waals surface area contributed by atoms with Gasteiger partial charge in [-0.15, -0.1) is 11.3 Å². The van der Waals surface area contributed by atoms with Crippen LogP contribution in [0.2, 0.25) is 0 Å². The third-order valence-corrected chi connectivity index (χ3v) is 3.43. The Morgan fingerprint density at radius 2 is 2.28 bits per heavy atom. The number of hydrogen-bond acceptors (Lipinski definition) is 5. The summed E-state index contributed by atoms with van der Waals surface area (Å²) in [5, 5.41) is 5.37. The Morgan fingerprint density at radius 3 is 3.00 bits per heavy atom. The second kappa shape index (κ2) is 6.35. The van der Waals surface area contributed by atoms with E-state index >= 15 is 0 Å². The van der Waals surface area contributed by atoms with E-state index in [4.69, 9.17) is 0 Å². The van der Waals surface area contributed by atoms with Crippen molar-refractivity contribution >= 4 is 23.0 Å². The first-order valence-corrected chi connectivity index (χ1v) is 6.97. The largest absolute Gasteiger partial charge is 0.370 e. The van der Waals surface area contributed by atoms with Crippen molar-refractivity contribution in [3.05, 3.63) is 34.8 Å². The summed E-state index contributed by atoms with van der Waals surface area (Å²) < 4.78 is 0. The van der Waals surface area contributed by atoms with Crippen LogP contribution in [-0.4, -0.2) is 23.6 Å². The number of aromatic nitrogens is 2. The molecule has 4 nitrogen and oxygen atoms in total. The van der Waals surface area contributed by atoms with E-state index in [2.05, 4.69) is 44.6 Å². The number of nitrogens with zero attached hydrogens (tertiary/aromatic N) is 3. The molecule has 0 saturated heterocycles. The van der Waals surface area contributed by atoms with Crippen LogP contribution in [0.3, 0.4) is 0 Å². The normalized spacial score (nSPS) is 10.3. The summed E-state index contributed by atoms with van der Waals surface area (Å²) >= 11 is 1.76. The van der Waals surface area contributed by atoms with Gasteiger partial charge in [0.25, 0.3) is 0 Å². The molecule has 0 unspecified atom stereocenters. The SMILES string of the molecule is CCCNc1cc(N(C)Cc2cccs2)ncn1. The van der Waals surface area contributed by atoms with Crippen LogP contribution >= 0.6 is 11.3 Å². The van der Waals surface area contributed by atoms with Crippen molar-refractivity contribution in [3.63, 3.8) is 0 Å². The lowest BCUT2D eigenvalue weighted by Crippen LogP contribution is -2.17. The lowest BCUT2D eigenvalue weighted by atomic mass is 10.4. The molecule has 5 heteroatoms. The molecule has 0 amide bonds. The number of rotatable bonds is 6. The van der Waals surface area contributed by atoms with Gasteiger partial charge >= 0.3 is 0 Å². The first-order valence-electron chi connectivity index (χ1n) is 6.09. The fourth-order valence-electron chi connectivity index (χ4n) is 1.62. The van der Waals surface area contributed by atoms with E-state index in [0.717, 1.165) is 31.1 Å². The highest BCUT2D eigenvalue weighted by Crippen LogP contribution is 2.17. The van der Waals surface area contributed by atoms with Crippen molar-refractivity contribution in [3.8, 4) is 0 Å². The Balaban J connectivity index is 2.03. The molecule has 2 heterocycles. The average Bonchev–Trinajstić information content (AvgIpc) is 2.89. The van der Waals surface area contributed by atoms with Gasteiger partial charge in [-0.05, 0) is 17.9 Å². The summed E-state index contributed by atoms with van der Waals surface area (Å²) in [6.45, 7) is 3.95. The molecule has 1 N–H and O–H groups in total. The lowest BCUT2D eigenvalue weighted by Gasteiger charge is -2.17. The minimum atomic E-state index is 0.877.